The van der Waals surface area contributed by atoms with Crippen LogP contribution in [0.1, 0.15) is 37.8 Å². The van der Waals surface area contributed by atoms with Crippen LogP contribution in [0.3, 0.4) is 0 Å². The minimum absolute atomic E-state index is 0.00925. The molecule has 0 aliphatic heterocycles. The Morgan fingerprint density at radius 2 is 1.57 bits per heavy atom. The van der Waals surface area contributed by atoms with E-state index < -0.39 is 0 Å². The molecule has 0 aliphatic carbocycles. The lowest BCUT2D eigenvalue weighted by Crippen LogP contribution is -2.37. The highest BCUT2D eigenvalue weighted by Crippen LogP contribution is 2.17. The molecule has 4 nitrogen and oxygen atoms in total. The van der Waals surface area contributed by atoms with Crippen molar-refractivity contribution >= 4 is 40.5 Å². The lowest BCUT2D eigenvalue weighted by Gasteiger charge is -2.15. The predicted octanol–water partition coefficient (Wildman–Crippen LogP) is 4.74. The van der Waals surface area contributed by atoms with Crippen LogP contribution in [0.5, 0.6) is 0 Å². The number of carbonyl (C=O) groups is 1. The fourth-order valence-corrected chi connectivity index (χ4v) is 3.13. The van der Waals surface area contributed by atoms with Crippen molar-refractivity contribution in [3.05, 3.63) is 64.7 Å². The van der Waals surface area contributed by atoms with Gasteiger partial charge in [-0.1, -0.05) is 49.7 Å². The third-order valence-electron chi connectivity index (χ3n) is 4.33. The summed E-state index contributed by atoms with van der Waals surface area (Å²) < 4.78 is 0. The minimum Gasteiger partial charge on any atom is -0.361 e. The number of hydrogen-bond donors (Lipinski definition) is 3. The molecular formula is C22H28ClN3OS. The van der Waals surface area contributed by atoms with Gasteiger partial charge >= 0.3 is 0 Å². The molecule has 1 unspecified atom stereocenters. The fourth-order valence-electron chi connectivity index (χ4n) is 2.79. The highest BCUT2D eigenvalue weighted by molar-refractivity contribution is 7.80. The monoisotopic (exact) mass is 417 g/mol. The number of carbonyl (C=O) groups excluding carboxylic acids is 1. The standard InChI is InChI=1S/C22H28ClN3OS/c1-15(2)14-17-4-6-18(7-5-17)16(3)21(27)24-12-13-25-22(28)26-20-10-8-19(23)9-11-20/h4-11,15-16H,12-14H2,1-3H3,(H,24,27)(H2,25,26,28). The second kappa shape index (κ2) is 11.0. The highest BCUT2D eigenvalue weighted by atomic mass is 35.5. The number of benzene rings is 2. The van der Waals surface area contributed by atoms with E-state index in [0.717, 1.165) is 17.7 Å². The predicted molar refractivity (Wildman–Crippen MR) is 122 cm³/mol. The van der Waals surface area contributed by atoms with Crippen molar-refractivity contribution in [2.24, 2.45) is 5.92 Å². The van der Waals surface area contributed by atoms with Crippen molar-refractivity contribution in [3.8, 4) is 0 Å². The Morgan fingerprint density at radius 3 is 2.18 bits per heavy atom. The molecule has 0 fully saturated rings. The van der Waals surface area contributed by atoms with Crippen molar-refractivity contribution < 1.29 is 4.79 Å². The van der Waals surface area contributed by atoms with Crippen LogP contribution in [0, 0.1) is 5.92 Å². The molecule has 2 aromatic carbocycles. The van der Waals surface area contributed by atoms with Crippen LogP contribution in [0.2, 0.25) is 5.02 Å². The van der Waals surface area contributed by atoms with Gasteiger partial charge < -0.3 is 16.0 Å². The zero-order valence-electron chi connectivity index (χ0n) is 16.6. The summed E-state index contributed by atoms with van der Waals surface area (Å²) in [6.45, 7) is 7.37. The first-order valence-electron chi connectivity index (χ1n) is 9.52. The second-order valence-corrected chi connectivity index (χ2v) is 8.08. The maximum atomic E-state index is 12.4. The molecule has 2 aromatic rings. The molecule has 28 heavy (non-hydrogen) atoms. The lowest BCUT2D eigenvalue weighted by atomic mass is 9.96. The Kier molecular flexibility index (Phi) is 8.74. The van der Waals surface area contributed by atoms with Crippen molar-refractivity contribution in [1.29, 1.82) is 0 Å². The van der Waals surface area contributed by atoms with Crippen molar-refractivity contribution in [1.82, 2.24) is 10.6 Å². The van der Waals surface area contributed by atoms with E-state index in [4.69, 9.17) is 23.8 Å². The van der Waals surface area contributed by atoms with Gasteiger partial charge in [-0.2, -0.15) is 0 Å². The van der Waals surface area contributed by atoms with Crippen LogP contribution in [-0.2, 0) is 11.2 Å². The number of rotatable bonds is 8. The number of hydrogen-bond acceptors (Lipinski definition) is 2. The third kappa shape index (κ3) is 7.49. The molecule has 0 heterocycles. The first-order valence-corrected chi connectivity index (χ1v) is 10.3. The summed E-state index contributed by atoms with van der Waals surface area (Å²) in [5.74, 6) is 0.446. The average Bonchev–Trinajstić information content (AvgIpc) is 2.66. The van der Waals surface area contributed by atoms with Gasteiger partial charge in [0, 0.05) is 23.8 Å². The quantitative estimate of drug-likeness (QED) is 0.428. The lowest BCUT2D eigenvalue weighted by molar-refractivity contribution is -0.122. The van der Waals surface area contributed by atoms with Gasteiger partial charge in [0.2, 0.25) is 5.91 Å². The topological polar surface area (TPSA) is 53.2 Å². The average molecular weight is 418 g/mol. The van der Waals surface area contributed by atoms with E-state index in [0.29, 0.717) is 29.1 Å². The largest absolute Gasteiger partial charge is 0.361 e. The summed E-state index contributed by atoms with van der Waals surface area (Å²) in [6.07, 6.45) is 1.05. The number of anilines is 1. The molecule has 1 atom stereocenters. The number of amides is 1. The van der Waals surface area contributed by atoms with E-state index in [-0.39, 0.29) is 11.8 Å². The molecular weight excluding hydrogens is 390 g/mol. The summed E-state index contributed by atoms with van der Waals surface area (Å²) in [6, 6.07) is 15.6. The van der Waals surface area contributed by atoms with E-state index in [2.05, 4.69) is 41.9 Å². The van der Waals surface area contributed by atoms with Gasteiger partial charge in [0.25, 0.3) is 0 Å². The SMILES string of the molecule is CC(C)Cc1ccc(C(C)C(=O)NCCNC(=S)Nc2ccc(Cl)cc2)cc1. The molecule has 150 valence electrons. The Balaban J connectivity index is 1.71. The summed E-state index contributed by atoms with van der Waals surface area (Å²) in [5.41, 5.74) is 3.19. The molecule has 3 N–H and O–H groups in total. The molecule has 0 radical (unpaired) electrons. The van der Waals surface area contributed by atoms with Crippen molar-refractivity contribution in [2.75, 3.05) is 18.4 Å². The van der Waals surface area contributed by atoms with Crippen molar-refractivity contribution in [2.45, 2.75) is 33.1 Å². The molecule has 1 amide bonds. The Labute approximate surface area is 178 Å². The maximum absolute atomic E-state index is 12.4. The van der Waals surface area contributed by atoms with Crippen LogP contribution in [0.25, 0.3) is 0 Å². The zero-order valence-corrected chi connectivity index (χ0v) is 18.2. The van der Waals surface area contributed by atoms with Gasteiger partial charge in [0.1, 0.15) is 0 Å². The summed E-state index contributed by atoms with van der Waals surface area (Å²) in [4.78, 5) is 12.4. The van der Waals surface area contributed by atoms with Crippen LogP contribution < -0.4 is 16.0 Å². The Bertz CT molecular complexity index is 775. The first-order chi connectivity index (χ1) is 13.3. The van der Waals surface area contributed by atoms with Gasteiger partial charge in [-0.25, -0.2) is 0 Å². The zero-order chi connectivity index (χ0) is 20.5. The number of nitrogens with one attached hydrogen (secondary N) is 3. The Hall–Kier alpha value is -2.11. The van der Waals surface area contributed by atoms with Gasteiger partial charge in [-0.15, -0.1) is 0 Å². The molecule has 0 saturated heterocycles. The molecule has 0 aromatic heterocycles. The molecule has 0 spiro atoms. The Morgan fingerprint density at radius 1 is 0.964 bits per heavy atom. The van der Waals surface area contributed by atoms with Gasteiger partial charge in [-0.05, 0) is 66.9 Å². The fraction of sp³-hybridized carbons (Fsp3) is 0.364. The smallest absolute Gasteiger partial charge is 0.227 e. The third-order valence-corrected chi connectivity index (χ3v) is 4.83. The summed E-state index contributed by atoms with van der Waals surface area (Å²) in [5, 5.41) is 10.3. The van der Waals surface area contributed by atoms with Crippen molar-refractivity contribution in [3.63, 3.8) is 0 Å². The van der Waals surface area contributed by atoms with Crippen LogP contribution in [0.15, 0.2) is 48.5 Å². The first kappa shape index (κ1) is 22.2. The van der Waals surface area contributed by atoms with Crippen LogP contribution in [0.4, 0.5) is 5.69 Å². The van der Waals surface area contributed by atoms with Crippen LogP contribution >= 0.6 is 23.8 Å². The van der Waals surface area contributed by atoms with Gasteiger partial charge in [0.05, 0.1) is 5.92 Å². The molecule has 6 heteroatoms. The molecule has 0 aliphatic rings. The summed E-state index contributed by atoms with van der Waals surface area (Å²) in [7, 11) is 0. The van der Waals surface area contributed by atoms with E-state index in [1.165, 1.54) is 5.56 Å². The van der Waals surface area contributed by atoms with E-state index in [9.17, 15) is 4.79 Å². The van der Waals surface area contributed by atoms with Crippen LogP contribution in [-0.4, -0.2) is 24.1 Å². The second-order valence-electron chi connectivity index (χ2n) is 7.24. The van der Waals surface area contributed by atoms with Gasteiger partial charge in [0.15, 0.2) is 5.11 Å². The van der Waals surface area contributed by atoms with E-state index in [1.807, 2.05) is 31.2 Å². The number of halogens is 1. The number of thiocarbonyl (C=S) groups is 1. The minimum atomic E-state index is -0.188. The van der Waals surface area contributed by atoms with E-state index >= 15 is 0 Å². The molecule has 0 saturated carbocycles. The van der Waals surface area contributed by atoms with E-state index in [1.54, 1.807) is 12.1 Å². The molecule has 2 rings (SSSR count). The van der Waals surface area contributed by atoms with Gasteiger partial charge in [-0.3, -0.25) is 4.79 Å². The molecule has 0 bridgehead atoms. The highest BCUT2D eigenvalue weighted by Gasteiger charge is 2.14. The summed E-state index contributed by atoms with van der Waals surface area (Å²) >= 11 is 11.1. The normalized spacial score (nSPS) is 11.8. The maximum Gasteiger partial charge on any atom is 0.227 e.